The van der Waals surface area contributed by atoms with Crippen LogP contribution in [-0.2, 0) is 6.54 Å². The molecule has 62 valence electrons. The summed E-state index contributed by atoms with van der Waals surface area (Å²) in [4.78, 5) is 0. The Bertz CT molecular complexity index is 315. The Kier molecular flexibility index (Phi) is 2.71. The Labute approximate surface area is 72.7 Å². The van der Waals surface area contributed by atoms with Crippen LogP contribution < -0.4 is 0 Å². The number of allylic oxidation sites excluding steroid dienone is 1. The van der Waals surface area contributed by atoms with Crippen molar-refractivity contribution in [3.8, 4) is 6.07 Å². The summed E-state index contributed by atoms with van der Waals surface area (Å²) in [5.74, 6) is 0. The van der Waals surface area contributed by atoms with Crippen molar-refractivity contribution in [2.24, 2.45) is 0 Å². The topological polar surface area (TPSA) is 28.7 Å². The van der Waals surface area contributed by atoms with Gasteiger partial charge in [0.05, 0.1) is 5.56 Å². The molecule has 0 bridgehead atoms. The van der Waals surface area contributed by atoms with Crippen molar-refractivity contribution in [2.75, 3.05) is 0 Å². The lowest BCUT2D eigenvalue weighted by atomic mass is 10.2. The molecule has 0 aliphatic carbocycles. The van der Waals surface area contributed by atoms with E-state index in [1.165, 1.54) is 5.57 Å². The highest BCUT2D eigenvalue weighted by Crippen LogP contribution is 2.03. The van der Waals surface area contributed by atoms with Gasteiger partial charge in [0.2, 0.25) is 0 Å². The van der Waals surface area contributed by atoms with Gasteiger partial charge in [-0.25, -0.2) is 0 Å². The molecule has 0 unspecified atom stereocenters. The van der Waals surface area contributed by atoms with E-state index in [1.54, 1.807) is 0 Å². The average molecular weight is 160 g/mol. The van der Waals surface area contributed by atoms with Crippen molar-refractivity contribution in [3.05, 3.63) is 36.2 Å². The van der Waals surface area contributed by atoms with Gasteiger partial charge < -0.3 is 4.57 Å². The molecular formula is C10H12N2. The zero-order valence-electron chi connectivity index (χ0n) is 7.25. The predicted octanol–water partition coefficient (Wildman–Crippen LogP) is 2.33. The second-order valence-electron chi connectivity index (χ2n) is 2.96. The molecule has 0 saturated carbocycles. The van der Waals surface area contributed by atoms with E-state index in [0.29, 0.717) is 0 Å². The Morgan fingerprint density at radius 3 is 3.00 bits per heavy atom. The fraction of sp³-hybridized carbons (Fsp3) is 0.300. The molecule has 2 nitrogen and oxygen atoms in total. The molecule has 0 saturated heterocycles. The largest absolute Gasteiger partial charge is 0.353 e. The average Bonchev–Trinajstić information content (AvgIpc) is 2.48. The molecule has 0 spiro atoms. The molecule has 1 heterocycles. The molecule has 12 heavy (non-hydrogen) atoms. The van der Waals surface area contributed by atoms with Gasteiger partial charge in [0.15, 0.2) is 0 Å². The standard InChI is InChI=1S/C10H12N2/c1-9(2)3-5-12-6-4-10(7-11)8-12/h4,6,8H,1,3,5H2,2H3. The highest BCUT2D eigenvalue weighted by molar-refractivity contribution is 5.25. The Morgan fingerprint density at radius 2 is 2.50 bits per heavy atom. The second kappa shape index (κ2) is 3.77. The highest BCUT2D eigenvalue weighted by Gasteiger charge is 1.94. The first-order valence-electron chi connectivity index (χ1n) is 3.92. The van der Waals surface area contributed by atoms with Crippen LogP contribution in [0.5, 0.6) is 0 Å². The summed E-state index contributed by atoms with van der Waals surface area (Å²) in [6.45, 7) is 6.74. The van der Waals surface area contributed by atoms with Crippen LogP contribution in [0.4, 0.5) is 0 Å². The van der Waals surface area contributed by atoms with Crippen LogP contribution in [0.1, 0.15) is 18.9 Å². The normalized spacial score (nSPS) is 9.33. The summed E-state index contributed by atoms with van der Waals surface area (Å²) in [5.41, 5.74) is 1.89. The first kappa shape index (κ1) is 8.61. The number of hydrogen-bond acceptors (Lipinski definition) is 1. The molecule has 1 rings (SSSR count). The summed E-state index contributed by atoms with van der Waals surface area (Å²) in [7, 11) is 0. The maximum atomic E-state index is 8.55. The molecule has 0 aliphatic rings. The lowest BCUT2D eigenvalue weighted by Crippen LogP contribution is -1.93. The van der Waals surface area contributed by atoms with Gasteiger partial charge in [0.1, 0.15) is 6.07 Å². The third-order valence-corrected chi connectivity index (χ3v) is 1.68. The number of rotatable bonds is 3. The van der Waals surface area contributed by atoms with Crippen LogP contribution in [0.15, 0.2) is 30.6 Å². The smallest absolute Gasteiger partial charge is 0.101 e. The molecule has 0 N–H and O–H groups in total. The van der Waals surface area contributed by atoms with E-state index >= 15 is 0 Å². The van der Waals surface area contributed by atoms with Crippen LogP contribution in [0.25, 0.3) is 0 Å². The van der Waals surface area contributed by atoms with Crippen molar-refractivity contribution >= 4 is 0 Å². The van der Waals surface area contributed by atoms with E-state index in [1.807, 2.05) is 30.0 Å². The highest BCUT2D eigenvalue weighted by atomic mass is 14.9. The summed E-state index contributed by atoms with van der Waals surface area (Å²) < 4.78 is 2.01. The van der Waals surface area contributed by atoms with E-state index in [-0.39, 0.29) is 0 Å². The molecule has 0 atom stereocenters. The van der Waals surface area contributed by atoms with Crippen molar-refractivity contribution in [3.63, 3.8) is 0 Å². The van der Waals surface area contributed by atoms with E-state index in [2.05, 4.69) is 12.6 Å². The van der Waals surface area contributed by atoms with Crippen molar-refractivity contribution in [1.29, 1.82) is 5.26 Å². The second-order valence-corrected chi connectivity index (χ2v) is 2.96. The third-order valence-electron chi connectivity index (χ3n) is 1.68. The molecule has 0 radical (unpaired) electrons. The molecule has 1 aromatic rings. The van der Waals surface area contributed by atoms with Gasteiger partial charge in [-0.3, -0.25) is 0 Å². The number of aromatic nitrogens is 1. The van der Waals surface area contributed by atoms with E-state index in [4.69, 9.17) is 5.26 Å². The van der Waals surface area contributed by atoms with E-state index in [9.17, 15) is 0 Å². The number of nitrogens with zero attached hydrogens (tertiary/aromatic N) is 2. The Morgan fingerprint density at radius 1 is 1.75 bits per heavy atom. The van der Waals surface area contributed by atoms with Gasteiger partial charge in [0.25, 0.3) is 0 Å². The first-order valence-corrected chi connectivity index (χ1v) is 3.92. The van der Waals surface area contributed by atoms with Crippen LogP contribution >= 0.6 is 0 Å². The van der Waals surface area contributed by atoms with Crippen LogP contribution in [0.3, 0.4) is 0 Å². The summed E-state index contributed by atoms with van der Waals surface area (Å²) >= 11 is 0. The summed E-state index contributed by atoms with van der Waals surface area (Å²) in [6, 6.07) is 3.91. The fourth-order valence-electron chi connectivity index (χ4n) is 0.966. The van der Waals surface area contributed by atoms with Crippen molar-refractivity contribution in [2.45, 2.75) is 19.9 Å². The Hall–Kier alpha value is -1.49. The lowest BCUT2D eigenvalue weighted by molar-refractivity contribution is 0.697. The lowest BCUT2D eigenvalue weighted by Gasteiger charge is -2.00. The van der Waals surface area contributed by atoms with Crippen LogP contribution in [0.2, 0.25) is 0 Å². The van der Waals surface area contributed by atoms with Gasteiger partial charge in [-0.1, -0.05) is 5.57 Å². The van der Waals surface area contributed by atoms with E-state index in [0.717, 1.165) is 18.5 Å². The number of aryl methyl sites for hydroxylation is 1. The molecule has 0 fully saturated rings. The molecule has 2 heteroatoms. The van der Waals surface area contributed by atoms with Gasteiger partial charge >= 0.3 is 0 Å². The summed E-state index contributed by atoms with van der Waals surface area (Å²) in [5, 5.41) is 8.55. The first-order chi connectivity index (χ1) is 5.72. The maximum absolute atomic E-state index is 8.55. The summed E-state index contributed by atoms with van der Waals surface area (Å²) in [6.07, 6.45) is 4.74. The molecule has 1 aromatic heterocycles. The van der Waals surface area contributed by atoms with Gasteiger partial charge in [-0.15, -0.1) is 6.58 Å². The minimum absolute atomic E-state index is 0.719. The maximum Gasteiger partial charge on any atom is 0.101 e. The van der Waals surface area contributed by atoms with Gasteiger partial charge in [-0.2, -0.15) is 5.26 Å². The number of hydrogen-bond donors (Lipinski definition) is 0. The SMILES string of the molecule is C=C(C)CCn1ccc(C#N)c1. The van der Waals surface area contributed by atoms with Gasteiger partial charge in [-0.05, 0) is 19.4 Å². The zero-order chi connectivity index (χ0) is 8.97. The minimum atomic E-state index is 0.719. The van der Waals surface area contributed by atoms with Crippen LogP contribution in [0, 0.1) is 11.3 Å². The minimum Gasteiger partial charge on any atom is -0.353 e. The Balaban J connectivity index is 2.54. The predicted molar refractivity (Wildman–Crippen MR) is 48.6 cm³/mol. The van der Waals surface area contributed by atoms with Gasteiger partial charge in [0, 0.05) is 18.9 Å². The quantitative estimate of drug-likeness (QED) is 0.624. The monoisotopic (exact) mass is 160 g/mol. The zero-order valence-corrected chi connectivity index (χ0v) is 7.25. The molecule has 0 amide bonds. The van der Waals surface area contributed by atoms with E-state index < -0.39 is 0 Å². The van der Waals surface area contributed by atoms with Crippen LogP contribution in [-0.4, -0.2) is 4.57 Å². The van der Waals surface area contributed by atoms with Crippen molar-refractivity contribution in [1.82, 2.24) is 4.57 Å². The third kappa shape index (κ3) is 2.28. The number of nitriles is 1. The van der Waals surface area contributed by atoms with Crippen molar-refractivity contribution < 1.29 is 0 Å². The fourth-order valence-corrected chi connectivity index (χ4v) is 0.966. The molecule has 0 aliphatic heterocycles. The molecule has 0 aromatic carbocycles. The molecular weight excluding hydrogens is 148 g/mol.